The van der Waals surface area contributed by atoms with Gasteiger partial charge in [-0.05, 0) is 0 Å². The minimum Gasteiger partial charge on any atom is -0.348 e. The molecule has 0 saturated carbocycles. The summed E-state index contributed by atoms with van der Waals surface area (Å²) in [5, 5.41) is 0. The first-order chi connectivity index (χ1) is 14.6. The number of hydrogen-bond donors (Lipinski definition) is 0. The minimum absolute atomic E-state index is 0.668. The molecule has 0 aromatic heterocycles. The highest BCUT2D eigenvalue weighted by molar-refractivity contribution is 5.18. The van der Waals surface area contributed by atoms with Crippen LogP contribution in [0.3, 0.4) is 0 Å². The van der Waals surface area contributed by atoms with Gasteiger partial charge in [-0.1, -0.05) is 48.6 Å². The molecule has 0 aromatic carbocycles. The molecule has 30 heavy (non-hydrogen) atoms. The molecule has 0 aliphatic heterocycles. The van der Waals surface area contributed by atoms with Gasteiger partial charge in [0.1, 0.15) is 11.6 Å². The molecule has 0 bridgehead atoms. The minimum atomic E-state index is 0.668. The summed E-state index contributed by atoms with van der Waals surface area (Å²) in [5.74, 6) is 2.09. The molecule has 0 fully saturated rings. The van der Waals surface area contributed by atoms with Crippen LogP contribution >= 0.6 is 0 Å². The fourth-order valence-corrected chi connectivity index (χ4v) is 3.20. The summed E-state index contributed by atoms with van der Waals surface area (Å²) in [6.07, 6.45) is 15.2. The van der Waals surface area contributed by atoms with Gasteiger partial charge in [-0.25, -0.2) is 0 Å². The molecule has 164 valence electrons. The Labute approximate surface area is 185 Å². The van der Waals surface area contributed by atoms with E-state index in [9.17, 15) is 0 Å². The van der Waals surface area contributed by atoms with E-state index in [1.807, 2.05) is 48.6 Å². The zero-order chi connectivity index (χ0) is 22.8. The van der Waals surface area contributed by atoms with E-state index in [1.54, 1.807) is 0 Å². The van der Waals surface area contributed by atoms with Crippen LogP contribution in [0, 0.1) is 0 Å². The van der Waals surface area contributed by atoms with Crippen molar-refractivity contribution < 1.29 is 0 Å². The third-order valence-corrected chi connectivity index (χ3v) is 4.19. The van der Waals surface area contributed by atoms with Gasteiger partial charge < -0.3 is 19.6 Å². The third kappa shape index (κ3) is 8.48. The second-order valence-corrected chi connectivity index (χ2v) is 6.58. The molecule has 0 aromatic rings. The lowest BCUT2D eigenvalue weighted by Gasteiger charge is -2.42. The molecular weight excluding hydrogens is 368 g/mol. The van der Waals surface area contributed by atoms with Crippen molar-refractivity contribution in [1.82, 2.24) is 19.6 Å². The Morgan fingerprint density at radius 3 is 0.567 bits per heavy atom. The van der Waals surface area contributed by atoms with Gasteiger partial charge in [0.15, 0.2) is 0 Å². The maximum atomic E-state index is 3.96. The maximum Gasteiger partial charge on any atom is 0.147 e. The van der Waals surface area contributed by atoms with Crippen molar-refractivity contribution in [3.63, 3.8) is 0 Å². The smallest absolute Gasteiger partial charge is 0.147 e. The second kappa shape index (κ2) is 16.8. The van der Waals surface area contributed by atoms with Gasteiger partial charge in [-0.15, -0.1) is 52.6 Å². The Kier molecular flexibility index (Phi) is 15.0. The second-order valence-electron chi connectivity index (χ2n) is 6.58. The Bertz CT molecular complexity index is 483. The molecule has 4 nitrogen and oxygen atoms in total. The van der Waals surface area contributed by atoms with Gasteiger partial charge in [-0.2, -0.15) is 0 Å². The van der Waals surface area contributed by atoms with Crippen LogP contribution in [0.1, 0.15) is 0 Å². The van der Waals surface area contributed by atoms with E-state index in [-0.39, 0.29) is 0 Å². The highest BCUT2D eigenvalue weighted by atomic mass is 15.4. The number of rotatable bonds is 20. The van der Waals surface area contributed by atoms with E-state index >= 15 is 0 Å². The first-order valence-corrected chi connectivity index (χ1v) is 10.2. The van der Waals surface area contributed by atoms with E-state index in [1.165, 1.54) is 0 Å². The van der Waals surface area contributed by atoms with Gasteiger partial charge >= 0.3 is 0 Å². The van der Waals surface area contributed by atoms with Crippen molar-refractivity contribution in [1.29, 1.82) is 0 Å². The lowest BCUT2D eigenvalue weighted by atomic mass is 10.3. The topological polar surface area (TPSA) is 13.0 Å². The third-order valence-electron chi connectivity index (χ3n) is 4.19. The highest BCUT2D eigenvalue weighted by Crippen LogP contribution is 2.24. The van der Waals surface area contributed by atoms with E-state index in [4.69, 9.17) is 0 Å². The highest BCUT2D eigenvalue weighted by Gasteiger charge is 2.26. The van der Waals surface area contributed by atoms with E-state index in [0.29, 0.717) is 52.4 Å². The summed E-state index contributed by atoms with van der Waals surface area (Å²) < 4.78 is 0. The standard InChI is InChI=1S/C26H40N4/c1-9-17-27(18-10-2)25(28(19-11-3)20-12-4)26(29(21-13-5)22-14-6)30(23-15-7)24-16-8/h9-16H,1-8,17-24H2. The Morgan fingerprint density at radius 1 is 0.333 bits per heavy atom. The van der Waals surface area contributed by atoms with Crippen LogP contribution in [-0.4, -0.2) is 72.0 Å². The zero-order valence-corrected chi connectivity index (χ0v) is 18.7. The molecule has 0 saturated heterocycles. The van der Waals surface area contributed by atoms with Crippen LogP contribution < -0.4 is 0 Å². The first-order valence-electron chi connectivity index (χ1n) is 10.2. The predicted molar refractivity (Wildman–Crippen MR) is 135 cm³/mol. The SMILES string of the molecule is C=CCN(CC=C)C(=C(N(CC=C)CC=C)N(CC=C)CC=C)N(CC=C)CC=C. The summed E-state index contributed by atoms with van der Waals surface area (Å²) in [6.45, 7) is 37.0. The van der Waals surface area contributed by atoms with E-state index in [0.717, 1.165) is 11.6 Å². The number of hydrogen-bond acceptors (Lipinski definition) is 4. The average Bonchev–Trinajstić information content (AvgIpc) is 2.72. The zero-order valence-electron chi connectivity index (χ0n) is 18.7. The summed E-state index contributed by atoms with van der Waals surface area (Å²) >= 11 is 0. The van der Waals surface area contributed by atoms with Crippen molar-refractivity contribution in [2.45, 2.75) is 0 Å². The lowest BCUT2D eigenvalue weighted by molar-refractivity contribution is 0.188. The van der Waals surface area contributed by atoms with Gasteiger partial charge in [0, 0.05) is 52.4 Å². The first kappa shape index (κ1) is 26.9. The fraction of sp³-hybridized carbons (Fsp3) is 0.308. The van der Waals surface area contributed by atoms with Crippen molar-refractivity contribution in [3.8, 4) is 0 Å². The summed E-state index contributed by atoms with van der Waals surface area (Å²) in [7, 11) is 0. The van der Waals surface area contributed by atoms with Crippen molar-refractivity contribution >= 4 is 0 Å². The van der Waals surface area contributed by atoms with Crippen LogP contribution in [0.4, 0.5) is 0 Å². The Morgan fingerprint density at radius 2 is 0.467 bits per heavy atom. The molecular formula is C26H40N4. The Balaban J connectivity index is 7.15. The quantitative estimate of drug-likeness (QED) is 0.268. The summed E-state index contributed by atoms with van der Waals surface area (Å²) in [5.41, 5.74) is 0. The van der Waals surface area contributed by atoms with E-state index in [2.05, 4.69) is 72.2 Å². The summed E-state index contributed by atoms with van der Waals surface area (Å²) in [4.78, 5) is 9.00. The molecule has 0 unspecified atom stereocenters. The molecule has 0 amide bonds. The summed E-state index contributed by atoms with van der Waals surface area (Å²) in [6, 6.07) is 0. The monoisotopic (exact) mass is 408 g/mol. The fourth-order valence-electron chi connectivity index (χ4n) is 3.20. The van der Waals surface area contributed by atoms with Crippen molar-refractivity contribution in [2.24, 2.45) is 0 Å². The van der Waals surface area contributed by atoms with E-state index < -0.39 is 0 Å². The van der Waals surface area contributed by atoms with Gasteiger partial charge in [0.2, 0.25) is 0 Å². The predicted octanol–water partition coefficient (Wildman–Crippen LogP) is 4.81. The van der Waals surface area contributed by atoms with Gasteiger partial charge in [0.05, 0.1) is 0 Å². The Hall–Kier alpha value is -3.14. The molecule has 0 N–H and O–H groups in total. The largest absolute Gasteiger partial charge is 0.348 e. The lowest BCUT2D eigenvalue weighted by Crippen LogP contribution is -2.45. The molecule has 4 heteroatoms. The van der Waals surface area contributed by atoms with Crippen LogP contribution in [0.25, 0.3) is 0 Å². The van der Waals surface area contributed by atoms with Crippen molar-refractivity contribution in [3.05, 3.63) is 113 Å². The van der Waals surface area contributed by atoms with Crippen LogP contribution in [-0.2, 0) is 0 Å². The molecule has 0 aliphatic carbocycles. The normalized spacial score (nSPS) is 9.47. The maximum absolute atomic E-state index is 3.96. The molecule has 0 atom stereocenters. The van der Waals surface area contributed by atoms with Crippen LogP contribution in [0.15, 0.2) is 113 Å². The van der Waals surface area contributed by atoms with Crippen LogP contribution in [0.5, 0.6) is 0 Å². The number of nitrogens with zero attached hydrogens (tertiary/aromatic N) is 4. The van der Waals surface area contributed by atoms with Crippen molar-refractivity contribution in [2.75, 3.05) is 52.4 Å². The molecule has 0 aliphatic rings. The van der Waals surface area contributed by atoms with Crippen LogP contribution in [0.2, 0.25) is 0 Å². The average molecular weight is 409 g/mol. The molecule has 0 heterocycles. The van der Waals surface area contributed by atoms with Gasteiger partial charge in [-0.3, -0.25) is 0 Å². The van der Waals surface area contributed by atoms with Gasteiger partial charge in [0.25, 0.3) is 0 Å². The molecule has 0 rings (SSSR count). The molecule has 0 radical (unpaired) electrons. The molecule has 0 spiro atoms.